The van der Waals surface area contributed by atoms with Gasteiger partial charge >= 0.3 is 0 Å². The first-order valence-electron chi connectivity index (χ1n) is 5.14. The summed E-state index contributed by atoms with van der Waals surface area (Å²) in [6, 6.07) is 0. The van der Waals surface area contributed by atoms with Crippen molar-refractivity contribution in [2.75, 3.05) is 0 Å². The van der Waals surface area contributed by atoms with E-state index >= 15 is 0 Å². The highest BCUT2D eigenvalue weighted by molar-refractivity contribution is 5.15. The molecule has 0 N–H and O–H groups in total. The second-order valence-corrected chi connectivity index (χ2v) is 4.92. The molecule has 2 heterocycles. The van der Waals surface area contributed by atoms with Crippen LogP contribution in [-0.4, -0.2) is 9.55 Å². The van der Waals surface area contributed by atoms with Crippen molar-refractivity contribution in [1.29, 1.82) is 0 Å². The Morgan fingerprint density at radius 3 is 2.77 bits per heavy atom. The Morgan fingerprint density at radius 2 is 2.08 bits per heavy atom. The third-order valence-electron chi connectivity index (χ3n) is 2.74. The summed E-state index contributed by atoms with van der Waals surface area (Å²) in [5, 5.41) is 0. The quantitative estimate of drug-likeness (QED) is 0.597. The summed E-state index contributed by atoms with van der Waals surface area (Å²) in [5.41, 5.74) is 1.63. The van der Waals surface area contributed by atoms with Gasteiger partial charge in [0.1, 0.15) is 5.82 Å². The number of aryl methyl sites for hydroxylation is 1. The van der Waals surface area contributed by atoms with E-state index in [0.717, 1.165) is 6.42 Å². The molecule has 0 saturated carbocycles. The number of aromatic nitrogens is 2. The summed E-state index contributed by atoms with van der Waals surface area (Å²) >= 11 is 0. The van der Waals surface area contributed by atoms with E-state index in [1.54, 1.807) is 0 Å². The SMILES string of the molecule is CC(C)(C)c1cnc2n1CCCC2. The molecule has 1 aliphatic heterocycles. The van der Waals surface area contributed by atoms with Gasteiger partial charge in [0, 0.05) is 30.3 Å². The topological polar surface area (TPSA) is 17.8 Å². The summed E-state index contributed by atoms with van der Waals surface area (Å²) < 4.78 is 2.41. The molecule has 2 rings (SSSR count). The molecule has 0 atom stereocenters. The maximum atomic E-state index is 4.49. The molecule has 0 amide bonds. The summed E-state index contributed by atoms with van der Waals surface area (Å²) in [6.07, 6.45) is 5.84. The van der Waals surface area contributed by atoms with Crippen LogP contribution in [0.2, 0.25) is 0 Å². The van der Waals surface area contributed by atoms with Crippen molar-refractivity contribution >= 4 is 0 Å². The standard InChI is InChI=1S/C11H18N2/c1-11(2,3)9-8-12-10-6-4-5-7-13(9)10/h8H,4-7H2,1-3H3. The van der Waals surface area contributed by atoms with Gasteiger partial charge in [-0.3, -0.25) is 0 Å². The van der Waals surface area contributed by atoms with Crippen LogP contribution in [0.5, 0.6) is 0 Å². The predicted octanol–water partition coefficient (Wildman–Crippen LogP) is 2.52. The van der Waals surface area contributed by atoms with E-state index in [0.29, 0.717) is 0 Å². The minimum atomic E-state index is 0.239. The van der Waals surface area contributed by atoms with Gasteiger partial charge < -0.3 is 4.57 Å². The van der Waals surface area contributed by atoms with Crippen LogP contribution < -0.4 is 0 Å². The third-order valence-corrected chi connectivity index (χ3v) is 2.74. The number of hydrogen-bond donors (Lipinski definition) is 0. The zero-order valence-corrected chi connectivity index (χ0v) is 8.80. The maximum absolute atomic E-state index is 4.49. The lowest BCUT2D eigenvalue weighted by Crippen LogP contribution is -2.21. The van der Waals surface area contributed by atoms with E-state index in [1.165, 1.54) is 30.9 Å². The second kappa shape index (κ2) is 2.86. The molecular formula is C11H18N2. The molecule has 0 bridgehead atoms. The van der Waals surface area contributed by atoms with Gasteiger partial charge in [-0.25, -0.2) is 4.98 Å². The lowest BCUT2D eigenvalue weighted by Gasteiger charge is -2.24. The number of imidazole rings is 1. The van der Waals surface area contributed by atoms with Crippen molar-refractivity contribution in [2.45, 2.75) is 52.0 Å². The fourth-order valence-corrected chi connectivity index (χ4v) is 2.01. The van der Waals surface area contributed by atoms with E-state index in [2.05, 4.69) is 36.5 Å². The number of rotatable bonds is 0. The van der Waals surface area contributed by atoms with Crippen LogP contribution >= 0.6 is 0 Å². The summed E-state index contributed by atoms with van der Waals surface area (Å²) in [4.78, 5) is 4.49. The van der Waals surface area contributed by atoms with Gasteiger partial charge in [0.05, 0.1) is 0 Å². The van der Waals surface area contributed by atoms with Crippen molar-refractivity contribution in [3.05, 3.63) is 17.7 Å². The van der Waals surface area contributed by atoms with Crippen LogP contribution in [0.15, 0.2) is 6.20 Å². The fraction of sp³-hybridized carbons (Fsp3) is 0.727. The molecule has 72 valence electrons. The predicted molar refractivity (Wildman–Crippen MR) is 53.9 cm³/mol. The van der Waals surface area contributed by atoms with Crippen LogP contribution in [0.25, 0.3) is 0 Å². The molecule has 2 nitrogen and oxygen atoms in total. The van der Waals surface area contributed by atoms with E-state index < -0.39 is 0 Å². The van der Waals surface area contributed by atoms with Gasteiger partial charge in [-0.1, -0.05) is 20.8 Å². The molecule has 1 aromatic rings. The molecule has 0 radical (unpaired) electrons. The average Bonchev–Trinajstić information content (AvgIpc) is 2.45. The Morgan fingerprint density at radius 1 is 1.31 bits per heavy atom. The first-order valence-corrected chi connectivity index (χ1v) is 5.14. The van der Waals surface area contributed by atoms with Crippen molar-refractivity contribution < 1.29 is 0 Å². The van der Waals surface area contributed by atoms with Crippen LogP contribution in [0, 0.1) is 0 Å². The second-order valence-electron chi connectivity index (χ2n) is 4.92. The highest BCUT2D eigenvalue weighted by Gasteiger charge is 2.22. The smallest absolute Gasteiger partial charge is 0.108 e. The number of fused-ring (bicyclic) bond motifs is 1. The zero-order chi connectivity index (χ0) is 9.47. The molecule has 0 aromatic carbocycles. The molecule has 0 fully saturated rings. The third kappa shape index (κ3) is 1.50. The number of hydrogen-bond acceptors (Lipinski definition) is 1. The average molecular weight is 178 g/mol. The van der Waals surface area contributed by atoms with Gasteiger partial charge in [0.25, 0.3) is 0 Å². The molecule has 0 aliphatic carbocycles. The Kier molecular flexibility index (Phi) is 1.94. The first kappa shape index (κ1) is 8.79. The van der Waals surface area contributed by atoms with Crippen LogP contribution in [-0.2, 0) is 18.4 Å². The monoisotopic (exact) mass is 178 g/mol. The normalized spacial score (nSPS) is 17.2. The lowest BCUT2D eigenvalue weighted by molar-refractivity contribution is 0.460. The van der Waals surface area contributed by atoms with E-state index in [-0.39, 0.29) is 5.41 Å². The largest absolute Gasteiger partial charge is 0.332 e. The lowest BCUT2D eigenvalue weighted by atomic mass is 9.92. The van der Waals surface area contributed by atoms with Crippen molar-refractivity contribution in [3.63, 3.8) is 0 Å². The van der Waals surface area contributed by atoms with E-state index in [4.69, 9.17) is 0 Å². The van der Waals surface area contributed by atoms with Crippen LogP contribution in [0.3, 0.4) is 0 Å². The molecule has 1 aromatic heterocycles. The maximum Gasteiger partial charge on any atom is 0.108 e. The van der Waals surface area contributed by atoms with Crippen molar-refractivity contribution in [2.24, 2.45) is 0 Å². The number of nitrogens with zero attached hydrogens (tertiary/aromatic N) is 2. The van der Waals surface area contributed by atoms with Gasteiger partial charge in [-0.2, -0.15) is 0 Å². The van der Waals surface area contributed by atoms with Gasteiger partial charge in [0.2, 0.25) is 0 Å². The summed E-state index contributed by atoms with van der Waals surface area (Å²) in [6.45, 7) is 7.94. The Hall–Kier alpha value is -0.790. The first-order chi connectivity index (χ1) is 6.09. The van der Waals surface area contributed by atoms with Gasteiger partial charge in [-0.15, -0.1) is 0 Å². The van der Waals surface area contributed by atoms with Crippen molar-refractivity contribution in [1.82, 2.24) is 9.55 Å². The summed E-state index contributed by atoms with van der Waals surface area (Å²) in [7, 11) is 0. The molecule has 0 unspecified atom stereocenters. The molecule has 0 saturated heterocycles. The molecule has 1 aliphatic rings. The molecule has 0 spiro atoms. The minimum Gasteiger partial charge on any atom is -0.332 e. The molecule has 2 heteroatoms. The highest BCUT2D eigenvalue weighted by atomic mass is 15.1. The Bertz CT molecular complexity index is 304. The van der Waals surface area contributed by atoms with Crippen LogP contribution in [0.4, 0.5) is 0 Å². The van der Waals surface area contributed by atoms with Gasteiger partial charge in [-0.05, 0) is 12.8 Å². The molecular weight excluding hydrogens is 160 g/mol. The van der Waals surface area contributed by atoms with E-state index in [1.807, 2.05) is 0 Å². The minimum absolute atomic E-state index is 0.239. The zero-order valence-electron chi connectivity index (χ0n) is 8.80. The van der Waals surface area contributed by atoms with Crippen LogP contribution in [0.1, 0.15) is 45.1 Å². The van der Waals surface area contributed by atoms with E-state index in [9.17, 15) is 0 Å². The van der Waals surface area contributed by atoms with Crippen molar-refractivity contribution in [3.8, 4) is 0 Å². The highest BCUT2D eigenvalue weighted by Crippen LogP contribution is 2.26. The van der Waals surface area contributed by atoms with Gasteiger partial charge in [0.15, 0.2) is 0 Å². The fourth-order valence-electron chi connectivity index (χ4n) is 2.01. The summed E-state index contributed by atoms with van der Waals surface area (Å²) in [5.74, 6) is 1.29. The Balaban J connectivity index is 2.43. The Labute approximate surface area is 80.0 Å². The molecule has 13 heavy (non-hydrogen) atoms.